The van der Waals surface area contributed by atoms with Crippen LogP contribution in [0.15, 0.2) is 59.3 Å². The number of nitrogens with one attached hydrogen (secondary N) is 1. The third-order valence-electron chi connectivity index (χ3n) is 3.54. The van der Waals surface area contributed by atoms with Crippen LogP contribution in [0.5, 0.6) is 5.75 Å². The zero-order chi connectivity index (χ0) is 16.9. The normalized spacial score (nSPS) is 10.4. The molecule has 0 atom stereocenters. The van der Waals surface area contributed by atoms with Gasteiger partial charge in [0.05, 0.1) is 0 Å². The topological polar surface area (TPSA) is 64.4 Å². The highest BCUT2D eigenvalue weighted by Gasteiger charge is 2.12. The van der Waals surface area contributed by atoms with Crippen LogP contribution in [0.25, 0.3) is 0 Å². The van der Waals surface area contributed by atoms with Gasteiger partial charge < -0.3 is 14.5 Å². The summed E-state index contributed by atoms with van der Waals surface area (Å²) in [6, 6.07) is 12.8. The van der Waals surface area contributed by atoms with Crippen molar-refractivity contribution in [1.82, 2.24) is 4.98 Å². The van der Waals surface area contributed by atoms with Crippen molar-refractivity contribution in [2.75, 3.05) is 5.32 Å². The molecule has 5 nitrogen and oxygen atoms in total. The number of ether oxygens (including phenoxy) is 1. The van der Waals surface area contributed by atoms with E-state index in [9.17, 15) is 4.79 Å². The first-order valence-electron chi connectivity index (χ1n) is 7.62. The second-order valence-corrected chi connectivity index (χ2v) is 5.51. The summed E-state index contributed by atoms with van der Waals surface area (Å²) in [5.74, 6) is 1.34. The Morgan fingerprint density at radius 1 is 1.12 bits per heavy atom. The number of aromatic nitrogens is 1. The standard InChI is InChI=1S/C19H18N2O3/c1-13-3-4-14(2)18(11-13)23-12-16-5-6-17(24-16)19(22)21-15-7-9-20-10-8-15/h3-11H,12H2,1-2H3,(H,20,21,22). The lowest BCUT2D eigenvalue weighted by atomic mass is 10.1. The number of carbonyl (C=O) groups is 1. The van der Waals surface area contributed by atoms with Crippen molar-refractivity contribution in [2.24, 2.45) is 0 Å². The first-order valence-corrected chi connectivity index (χ1v) is 7.62. The van der Waals surface area contributed by atoms with Crippen LogP contribution in [-0.4, -0.2) is 10.9 Å². The van der Waals surface area contributed by atoms with Gasteiger partial charge in [-0.25, -0.2) is 0 Å². The molecule has 0 aliphatic heterocycles. The van der Waals surface area contributed by atoms with Crippen molar-refractivity contribution in [3.05, 3.63) is 77.5 Å². The van der Waals surface area contributed by atoms with E-state index in [2.05, 4.69) is 10.3 Å². The van der Waals surface area contributed by atoms with Crippen LogP contribution in [0.2, 0.25) is 0 Å². The van der Waals surface area contributed by atoms with Crippen LogP contribution >= 0.6 is 0 Å². The lowest BCUT2D eigenvalue weighted by Crippen LogP contribution is -2.10. The molecule has 0 fully saturated rings. The number of hydrogen-bond acceptors (Lipinski definition) is 4. The lowest BCUT2D eigenvalue weighted by Gasteiger charge is -2.08. The zero-order valence-electron chi connectivity index (χ0n) is 13.6. The summed E-state index contributed by atoms with van der Waals surface area (Å²) in [7, 11) is 0. The fourth-order valence-electron chi connectivity index (χ4n) is 2.22. The maximum Gasteiger partial charge on any atom is 0.291 e. The molecule has 0 saturated carbocycles. The maximum atomic E-state index is 12.1. The van der Waals surface area contributed by atoms with Gasteiger partial charge in [-0.1, -0.05) is 12.1 Å². The Labute approximate surface area is 140 Å². The Balaban J connectivity index is 1.63. The van der Waals surface area contributed by atoms with Gasteiger partial charge in [0.1, 0.15) is 18.1 Å². The van der Waals surface area contributed by atoms with Gasteiger partial charge in [-0.05, 0) is 55.3 Å². The smallest absolute Gasteiger partial charge is 0.291 e. The highest BCUT2D eigenvalue weighted by Crippen LogP contribution is 2.21. The van der Waals surface area contributed by atoms with Crippen LogP contribution in [0.1, 0.15) is 27.4 Å². The molecule has 5 heteroatoms. The summed E-state index contributed by atoms with van der Waals surface area (Å²) in [6.45, 7) is 4.28. The summed E-state index contributed by atoms with van der Waals surface area (Å²) in [5, 5.41) is 2.75. The van der Waals surface area contributed by atoms with Gasteiger partial charge in [0.15, 0.2) is 5.76 Å². The van der Waals surface area contributed by atoms with Gasteiger partial charge in [-0.3, -0.25) is 9.78 Å². The molecule has 0 spiro atoms. The Bertz CT molecular complexity index is 841. The molecule has 0 radical (unpaired) electrons. The number of furan rings is 1. The molecule has 1 amide bonds. The fraction of sp³-hybridized carbons (Fsp3) is 0.158. The van der Waals surface area contributed by atoms with E-state index in [1.807, 2.05) is 32.0 Å². The van der Waals surface area contributed by atoms with Crippen molar-refractivity contribution < 1.29 is 13.9 Å². The zero-order valence-corrected chi connectivity index (χ0v) is 13.6. The van der Waals surface area contributed by atoms with Gasteiger partial charge in [0, 0.05) is 18.1 Å². The molecular weight excluding hydrogens is 304 g/mol. The lowest BCUT2D eigenvalue weighted by molar-refractivity contribution is 0.0992. The number of benzene rings is 1. The van der Waals surface area contributed by atoms with Gasteiger partial charge >= 0.3 is 0 Å². The van der Waals surface area contributed by atoms with E-state index < -0.39 is 0 Å². The predicted octanol–water partition coefficient (Wildman–Crippen LogP) is 4.12. The monoisotopic (exact) mass is 322 g/mol. The molecule has 0 bridgehead atoms. The molecule has 24 heavy (non-hydrogen) atoms. The van der Waals surface area contributed by atoms with Crippen molar-refractivity contribution in [2.45, 2.75) is 20.5 Å². The molecule has 2 heterocycles. The number of pyridine rings is 1. The van der Waals surface area contributed by atoms with Gasteiger partial charge in [0.25, 0.3) is 5.91 Å². The minimum absolute atomic E-state index is 0.242. The summed E-state index contributed by atoms with van der Waals surface area (Å²) >= 11 is 0. The number of anilines is 1. The van der Waals surface area contributed by atoms with E-state index in [0.29, 0.717) is 11.4 Å². The van der Waals surface area contributed by atoms with Crippen molar-refractivity contribution in [1.29, 1.82) is 0 Å². The van der Waals surface area contributed by atoms with Crippen LogP contribution in [-0.2, 0) is 6.61 Å². The summed E-state index contributed by atoms with van der Waals surface area (Å²) in [4.78, 5) is 16.0. The second kappa shape index (κ2) is 7.00. The molecule has 0 aliphatic rings. The summed E-state index contributed by atoms with van der Waals surface area (Å²) in [5.41, 5.74) is 2.86. The Kier molecular flexibility index (Phi) is 4.61. The van der Waals surface area contributed by atoms with Crippen molar-refractivity contribution in [3.63, 3.8) is 0 Å². The van der Waals surface area contributed by atoms with Crippen molar-refractivity contribution in [3.8, 4) is 5.75 Å². The van der Waals surface area contributed by atoms with Crippen LogP contribution in [0.4, 0.5) is 5.69 Å². The molecular formula is C19H18N2O3. The molecule has 0 unspecified atom stereocenters. The summed E-state index contributed by atoms with van der Waals surface area (Å²) < 4.78 is 11.3. The molecule has 3 aromatic rings. The summed E-state index contributed by atoms with van der Waals surface area (Å²) in [6.07, 6.45) is 3.22. The van der Waals surface area contributed by atoms with Gasteiger partial charge in [0.2, 0.25) is 0 Å². The SMILES string of the molecule is Cc1ccc(C)c(OCc2ccc(C(=O)Nc3ccncc3)o2)c1. The van der Waals surface area contributed by atoms with Gasteiger partial charge in [-0.2, -0.15) is 0 Å². The fourth-order valence-corrected chi connectivity index (χ4v) is 2.22. The average Bonchev–Trinajstić information content (AvgIpc) is 3.06. The number of aryl methyl sites for hydroxylation is 2. The first-order chi connectivity index (χ1) is 11.6. The second-order valence-electron chi connectivity index (χ2n) is 5.51. The molecule has 1 N–H and O–H groups in total. The minimum Gasteiger partial charge on any atom is -0.485 e. The third kappa shape index (κ3) is 3.81. The Morgan fingerprint density at radius 2 is 1.92 bits per heavy atom. The van der Waals surface area contributed by atoms with Gasteiger partial charge in [-0.15, -0.1) is 0 Å². The molecule has 0 saturated heterocycles. The van der Waals surface area contributed by atoms with Crippen LogP contribution in [0.3, 0.4) is 0 Å². The molecule has 122 valence electrons. The molecule has 0 aliphatic carbocycles. The number of rotatable bonds is 5. The molecule has 2 aromatic heterocycles. The van der Waals surface area contributed by atoms with Crippen LogP contribution in [0, 0.1) is 13.8 Å². The highest BCUT2D eigenvalue weighted by atomic mass is 16.5. The van der Waals surface area contributed by atoms with E-state index in [-0.39, 0.29) is 18.3 Å². The predicted molar refractivity (Wildman–Crippen MR) is 91.1 cm³/mol. The van der Waals surface area contributed by atoms with E-state index in [4.69, 9.17) is 9.15 Å². The minimum atomic E-state index is -0.306. The van der Waals surface area contributed by atoms with E-state index in [1.165, 1.54) is 0 Å². The van der Waals surface area contributed by atoms with Crippen molar-refractivity contribution >= 4 is 11.6 Å². The Hall–Kier alpha value is -3.08. The maximum absolute atomic E-state index is 12.1. The number of carbonyl (C=O) groups excluding carboxylic acids is 1. The highest BCUT2D eigenvalue weighted by molar-refractivity contribution is 6.02. The van der Waals surface area contributed by atoms with Crippen LogP contribution < -0.4 is 10.1 Å². The molecule has 1 aromatic carbocycles. The number of nitrogens with zero attached hydrogens (tertiary/aromatic N) is 1. The largest absolute Gasteiger partial charge is 0.485 e. The Morgan fingerprint density at radius 3 is 2.71 bits per heavy atom. The third-order valence-corrected chi connectivity index (χ3v) is 3.54. The first kappa shape index (κ1) is 15.8. The quantitative estimate of drug-likeness (QED) is 0.767. The van der Waals surface area contributed by atoms with E-state index >= 15 is 0 Å². The van der Waals surface area contributed by atoms with E-state index in [0.717, 1.165) is 16.9 Å². The number of amides is 1. The van der Waals surface area contributed by atoms with E-state index in [1.54, 1.807) is 36.7 Å². The average molecular weight is 322 g/mol. The number of hydrogen-bond donors (Lipinski definition) is 1. The molecule has 3 rings (SSSR count).